The number of carbonyl (C=O) groups is 1. The number of halogens is 9. The van der Waals surface area contributed by atoms with Crippen molar-refractivity contribution in [2.24, 2.45) is 0 Å². The summed E-state index contributed by atoms with van der Waals surface area (Å²) in [6.07, 6.45) is -10.8. The third-order valence-electron chi connectivity index (χ3n) is 4.36. The average molecular weight is 612 g/mol. The van der Waals surface area contributed by atoms with Crippen LogP contribution in [0.15, 0.2) is 45.3 Å². The van der Waals surface area contributed by atoms with Crippen molar-refractivity contribution in [3.8, 4) is 0 Å². The van der Waals surface area contributed by atoms with Crippen molar-refractivity contribution in [2.45, 2.75) is 18.0 Å². The van der Waals surface area contributed by atoms with E-state index in [1.54, 1.807) is 12.3 Å². The predicted molar refractivity (Wildman–Crippen MR) is 118 cm³/mol. The van der Waals surface area contributed by atoms with Crippen LogP contribution in [-0.4, -0.2) is 36.8 Å². The van der Waals surface area contributed by atoms with Gasteiger partial charge in [-0.15, -0.1) is 0 Å². The molecular formula is C19H15Br2F7N2OS. The standard InChI is InChI=1S/C19H15Br2F7N2OS/c1-32-6-5-30(16(31)10-3-2-4-12(29)7-10)15-13(20)8-11(9-14(15)21)17(22,18(23,24)25)19(26,27)28/h2-4,7-9H,5-6,29H2,1H3. The van der Waals surface area contributed by atoms with Crippen LogP contribution in [0.4, 0.5) is 42.1 Å². The number of nitrogens with zero attached hydrogens (tertiary/aromatic N) is 1. The van der Waals surface area contributed by atoms with Crippen LogP contribution in [0.2, 0.25) is 0 Å². The van der Waals surface area contributed by atoms with Crippen molar-refractivity contribution in [1.29, 1.82) is 0 Å². The van der Waals surface area contributed by atoms with Crippen molar-refractivity contribution in [3.63, 3.8) is 0 Å². The van der Waals surface area contributed by atoms with Gasteiger partial charge in [-0.1, -0.05) is 6.07 Å². The van der Waals surface area contributed by atoms with E-state index in [1.807, 2.05) is 0 Å². The Morgan fingerprint density at radius 1 is 1.00 bits per heavy atom. The molecule has 0 radical (unpaired) electrons. The largest absolute Gasteiger partial charge is 0.435 e. The van der Waals surface area contributed by atoms with Crippen molar-refractivity contribution in [3.05, 3.63) is 56.5 Å². The summed E-state index contributed by atoms with van der Waals surface area (Å²) in [6.45, 7) is 0.0602. The molecule has 32 heavy (non-hydrogen) atoms. The molecule has 2 aromatic carbocycles. The van der Waals surface area contributed by atoms with Crippen LogP contribution in [0.25, 0.3) is 0 Å². The van der Waals surface area contributed by atoms with Crippen molar-refractivity contribution >= 4 is 60.9 Å². The molecule has 0 atom stereocenters. The van der Waals surface area contributed by atoms with Gasteiger partial charge in [-0.3, -0.25) is 4.79 Å². The lowest BCUT2D eigenvalue weighted by Gasteiger charge is -2.32. The maximum absolute atomic E-state index is 14.5. The number of amides is 1. The van der Waals surface area contributed by atoms with Crippen molar-refractivity contribution in [1.82, 2.24) is 0 Å². The summed E-state index contributed by atoms with van der Waals surface area (Å²) in [5.74, 6) is -0.203. The zero-order valence-corrected chi connectivity index (χ0v) is 20.1. The Bertz CT molecular complexity index is 961. The van der Waals surface area contributed by atoms with Crippen LogP contribution in [-0.2, 0) is 5.67 Å². The summed E-state index contributed by atoms with van der Waals surface area (Å²) >= 11 is 7.19. The fourth-order valence-corrected chi connectivity index (χ4v) is 4.82. The third kappa shape index (κ3) is 5.19. The summed E-state index contributed by atoms with van der Waals surface area (Å²) in [6, 6.07) is 6.65. The van der Waals surface area contributed by atoms with E-state index in [0.29, 0.717) is 17.9 Å². The first-order valence-electron chi connectivity index (χ1n) is 8.63. The van der Waals surface area contributed by atoms with Crippen LogP contribution in [0.3, 0.4) is 0 Å². The van der Waals surface area contributed by atoms with Crippen LogP contribution in [0.1, 0.15) is 15.9 Å². The highest BCUT2D eigenvalue weighted by Gasteiger charge is 2.73. The van der Waals surface area contributed by atoms with E-state index in [9.17, 15) is 35.5 Å². The number of thioether (sulfide) groups is 1. The predicted octanol–water partition coefficient (Wildman–Crippen LogP) is 7.09. The van der Waals surface area contributed by atoms with Gasteiger partial charge in [0.05, 0.1) is 5.69 Å². The monoisotopic (exact) mass is 610 g/mol. The number of nitrogens with two attached hydrogens (primary N) is 1. The molecule has 0 aliphatic carbocycles. The quantitative estimate of drug-likeness (QED) is 0.280. The molecule has 0 aliphatic rings. The maximum atomic E-state index is 14.5. The molecule has 176 valence electrons. The van der Waals surface area contributed by atoms with Gasteiger partial charge in [0.25, 0.3) is 5.91 Å². The van der Waals surface area contributed by atoms with Gasteiger partial charge in [-0.2, -0.15) is 38.1 Å². The maximum Gasteiger partial charge on any atom is 0.435 e. The molecule has 0 fully saturated rings. The van der Waals surface area contributed by atoms with E-state index < -0.39 is 29.5 Å². The lowest BCUT2D eigenvalue weighted by molar-refractivity contribution is -0.348. The summed E-state index contributed by atoms with van der Waals surface area (Å²) in [5.41, 5.74) is -1.21. The summed E-state index contributed by atoms with van der Waals surface area (Å²) < 4.78 is 92.8. The number of benzene rings is 2. The molecule has 0 bridgehead atoms. The first-order chi connectivity index (χ1) is 14.6. The van der Waals surface area contributed by atoms with Gasteiger partial charge >= 0.3 is 18.0 Å². The molecule has 0 aliphatic heterocycles. The minimum absolute atomic E-state index is 0.0538. The minimum atomic E-state index is -6.26. The molecule has 2 rings (SSSR count). The molecule has 0 heterocycles. The van der Waals surface area contributed by atoms with Crippen LogP contribution in [0, 0.1) is 0 Å². The van der Waals surface area contributed by atoms with Crippen molar-refractivity contribution < 1.29 is 35.5 Å². The van der Waals surface area contributed by atoms with Crippen LogP contribution < -0.4 is 10.6 Å². The average Bonchev–Trinajstić information content (AvgIpc) is 2.66. The summed E-state index contributed by atoms with van der Waals surface area (Å²) in [4.78, 5) is 14.3. The van der Waals surface area contributed by atoms with Gasteiger partial charge in [0.15, 0.2) is 0 Å². The van der Waals surface area contributed by atoms with Crippen LogP contribution in [0.5, 0.6) is 0 Å². The second-order valence-electron chi connectivity index (χ2n) is 6.52. The van der Waals surface area contributed by atoms with Gasteiger partial charge in [0.1, 0.15) is 0 Å². The zero-order valence-electron chi connectivity index (χ0n) is 16.1. The molecular weight excluding hydrogens is 597 g/mol. The molecule has 2 N–H and O–H groups in total. The highest BCUT2D eigenvalue weighted by molar-refractivity contribution is 9.11. The first-order valence-corrected chi connectivity index (χ1v) is 11.6. The van der Waals surface area contributed by atoms with E-state index in [2.05, 4.69) is 31.9 Å². The van der Waals surface area contributed by atoms with Gasteiger partial charge in [-0.25, -0.2) is 4.39 Å². The van der Waals surface area contributed by atoms with E-state index in [-0.39, 0.29) is 32.4 Å². The Kier molecular flexibility index (Phi) is 8.20. The number of carbonyl (C=O) groups excluding carboxylic acids is 1. The fourth-order valence-electron chi connectivity index (χ4n) is 2.84. The zero-order chi connectivity index (χ0) is 24.5. The Morgan fingerprint density at radius 3 is 1.97 bits per heavy atom. The number of anilines is 2. The lowest BCUT2D eigenvalue weighted by atomic mass is 9.94. The number of hydrogen-bond donors (Lipinski definition) is 1. The van der Waals surface area contributed by atoms with E-state index in [1.165, 1.54) is 30.0 Å². The Morgan fingerprint density at radius 2 is 1.53 bits per heavy atom. The van der Waals surface area contributed by atoms with E-state index in [0.717, 1.165) is 4.90 Å². The highest BCUT2D eigenvalue weighted by Crippen LogP contribution is 2.54. The SMILES string of the molecule is CSCCN(C(=O)c1cccc(N)c1)c1c(Br)cc(C(F)(C(F)(F)F)C(F)(F)F)cc1Br. The summed E-state index contributed by atoms with van der Waals surface area (Å²) in [5, 5.41) is 0. The van der Waals surface area contributed by atoms with E-state index in [4.69, 9.17) is 5.73 Å². The Balaban J connectivity index is 2.66. The molecule has 0 aromatic heterocycles. The minimum Gasteiger partial charge on any atom is -0.399 e. The topological polar surface area (TPSA) is 46.3 Å². The molecule has 3 nitrogen and oxygen atoms in total. The molecule has 0 saturated carbocycles. The number of nitrogen functional groups attached to an aromatic ring is 1. The first kappa shape index (κ1) is 26.8. The fraction of sp³-hybridized carbons (Fsp3) is 0.316. The normalized spacial score (nSPS) is 12.7. The molecule has 13 heteroatoms. The summed E-state index contributed by atoms with van der Waals surface area (Å²) in [7, 11) is 0. The lowest BCUT2D eigenvalue weighted by Crippen LogP contribution is -2.50. The second kappa shape index (κ2) is 9.80. The van der Waals surface area contributed by atoms with Crippen LogP contribution >= 0.6 is 43.6 Å². The third-order valence-corrected chi connectivity index (χ3v) is 6.16. The highest BCUT2D eigenvalue weighted by atomic mass is 79.9. The molecule has 0 saturated heterocycles. The van der Waals surface area contributed by atoms with Crippen molar-refractivity contribution in [2.75, 3.05) is 29.2 Å². The number of alkyl halides is 7. The van der Waals surface area contributed by atoms with Gasteiger partial charge < -0.3 is 10.6 Å². The number of rotatable bonds is 6. The van der Waals surface area contributed by atoms with Gasteiger partial charge in [-0.05, 0) is 68.4 Å². The molecule has 1 amide bonds. The molecule has 0 spiro atoms. The smallest absolute Gasteiger partial charge is 0.399 e. The van der Waals surface area contributed by atoms with Gasteiger partial charge in [0.2, 0.25) is 0 Å². The molecule has 0 unspecified atom stereocenters. The Hall–Kier alpha value is -1.47. The van der Waals surface area contributed by atoms with Gasteiger partial charge in [0, 0.05) is 38.1 Å². The Labute approximate surface area is 199 Å². The van der Waals surface area contributed by atoms with E-state index >= 15 is 0 Å². The number of hydrogen-bond acceptors (Lipinski definition) is 3. The second-order valence-corrected chi connectivity index (χ2v) is 9.21. The molecule has 2 aromatic rings.